The Bertz CT molecular complexity index is 1190. The second-order valence-electron chi connectivity index (χ2n) is 11.0. The molecule has 2 aliphatic rings. The third kappa shape index (κ3) is 5.85. The number of nitrogens with zero attached hydrogens (tertiary/aromatic N) is 5. The van der Waals surface area contributed by atoms with E-state index in [2.05, 4.69) is 74.8 Å². The highest BCUT2D eigenvalue weighted by Gasteiger charge is 2.40. The van der Waals surface area contributed by atoms with Crippen molar-refractivity contribution in [2.24, 2.45) is 0 Å². The van der Waals surface area contributed by atoms with E-state index < -0.39 is 0 Å². The lowest BCUT2D eigenvalue weighted by atomic mass is 10.0. The van der Waals surface area contributed by atoms with Gasteiger partial charge in [0, 0.05) is 56.1 Å². The number of likely N-dealkylation sites (tertiary alicyclic amines) is 1. The monoisotopic (exact) mass is 505 g/mol. The zero-order valence-corrected chi connectivity index (χ0v) is 22.9. The third-order valence-electron chi connectivity index (χ3n) is 7.72. The standard InChI is InChI=1S/C29H43N7O/c1-5-6-7-13-31-28-27-25(32-29(30)33-28)12-14-35(27)17-22-9-8-21(15-26(22)37-4)16-34-18-24(19-34)36(20(2)3)23-10-11-23/h8-9,12,14-15,20,23-24H,5-7,10-11,13,16-19H2,1-4H3,(H3,30,31,32,33). The van der Waals surface area contributed by atoms with Gasteiger partial charge in [-0.2, -0.15) is 4.98 Å². The van der Waals surface area contributed by atoms with Crippen molar-refractivity contribution < 1.29 is 4.74 Å². The van der Waals surface area contributed by atoms with Gasteiger partial charge in [-0.1, -0.05) is 31.9 Å². The molecule has 0 atom stereocenters. The van der Waals surface area contributed by atoms with Gasteiger partial charge in [0.25, 0.3) is 0 Å². The van der Waals surface area contributed by atoms with E-state index in [1.54, 1.807) is 7.11 Å². The summed E-state index contributed by atoms with van der Waals surface area (Å²) < 4.78 is 8.03. The normalized spacial score (nSPS) is 16.6. The quantitative estimate of drug-likeness (QED) is 0.325. The van der Waals surface area contributed by atoms with Crippen LogP contribution in [-0.4, -0.2) is 69.2 Å². The van der Waals surface area contributed by atoms with E-state index in [-0.39, 0.29) is 0 Å². The topological polar surface area (TPSA) is 84.5 Å². The number of rotatable bonds is 13. The number of fused-ring (bicyclic) bond motifs is 1. The highest BCUT2D eigenvalue weighted by molar-refractivity contribution is 5.87. The molecule has 1 aromatic carbocycles. The number of unbranched alkanes of at least 4 members (excludes halogenated alkanes) is 2. The van der Waals surface area contributed by atoms with Gasteiger partial charge in [0.1, 0.15) is 11.3 Å². The molecule has 37 heavy (non-hydrogen) atoms. The van der Waals surface area contributed by atoms with E-state index in [9.17, 15) is 0 Å². The molecule has 1 aliphatic carbocycles. The van der Waals surface area contributed by atoms with Crippen LogP contribution in [0.1, 0.15) is 64.0 Å². The number of anilines is 2. The molecule has 0 unspecified atom stereocenters. The molecule has 8 nitrogen and oxygen atoms in total. The molecule has 200 valence electrons. The van der Waals surface area contributed by atoms with Crippen molar-refractivity contribution in [2.75, 3.05) is 37.8 Å². The minimum atomic E-state index is 0.298. The van der Waals surface area contributed by atoms with Gasteiger partial charge in [-0.05, 0) is 50.8 Å². The summed E-state index contributed by atoms with van der Waals surface area (Å²) >= 11 is 0. The van der Waals surface area contributed by atoms with Gasteiger partial charge in [0.2, 0.25) is 5.95 Å². The van der Waals surface area contributed by atoms with E-state index in [4.69, 9.17) is 10.5 Å². The Balaban J connectivity index is 1.27. The van der Waals surface area contributed by atoms with E-state index in [1.807, 2.05) is 6.07 Å². The van der Waals surface area contributed by atoms with Gasteiger partial charge in [-0.15, -0.1) is 0 Å². The van der Waals surface area contributed by atoms with Crippen molar-refractivity contribution in [2.45, 2.75) is 84.1 Å². The Morgan fingerprint density at radius 3 is 2.62 bits per heavy atom. The molecule has 3 N–H and O–H groups in total. The summed E-state index contributed by atoms with van der Waals surface area (Å²) in [5.41, 5.74) is 10.3. The van der Waals surface area contributed by atoms with Crippen LogP contribution in [0.3, 0.4) is 0 Å². The molecule has 0 spiro atoms. The van der Waals surface area contributed by atoms with Crippen LogP contribution in [0.15, 0.2) is 30.5 Å². The minimum absolute atomic E-state index is 0.298. The Hall–Kier alpha value is -2.84. The molecule has 0 amide bonds. The van der Waals surface area contributed by atoms with Gasteiger partial charge in [-0.3, -0.25) is 9.80 Å². The average molecular weight is 506 g/mol. The molecule has 0 radical (unpaired) electrons. The summed E-state index contributed by atoms with van der Waals surface area (Å²) in [6.45, 7) is 11.7. The summed E-state index contributed by atoms with van der Waals surface area (Å²) in [7, 11) is 1.76. The fourth-order valence-electron chi connectivity index (χ4n) is 5.80. The zero-order chi connectivity index (χ0) is 25.9. The van der Waals surface area contributed by atoms with Crippen molar-refractivity contribution in [1.29, 1.82) is 0 Å². The predicted octanol–water partition coefficient (Wildman–Crippen LogP) is 4.73. The van der Waals surface area contributed by atoms with Gasteiger partial charge in [0.15, 0.2) is 5.82 Å². The molecule has 1 saturated carbocycles. The van der Waals surface area contributed by atoms with Crippen LogP contribution >= 0.6 is 0 Å². The molecule has 0 bridgehead atoms. The fraction of sp³-hybridized carbons (Fsp3) is 0.586. The minimum Gasteiger partial charge on any atom is -0.496 e. The van der Waals surface area contributed by atoms with Crippen LogP contribution in [0.25, 0.3) is 11.0 Å². The highest BCUT2D eigenvalue weighted by atomic mass is 16.5. The highest BCUT2D eigenvalue weighted by Crippen LogP contribution is 2.34. The van der Waals surface area contributed by atoms with Crippen molar-refractivity contribution in [3.63, 3.8) is 0 Å². The Morgan fingerprint density at radius 2 is 1.92 bits per heavy atom. The molecule has 1 aliphatic heterocycles. The first-order valence-corrected chi connectivity index (χ1v) is 14.0. The molecule has 8 heteroatoms. The first-order chi connectivity index (χ1) is 18.0. The number of nitrogens with two attached hydrogens (primary N) is 1. The summed E-state index contributed by atoms with van der Waals surface area (Å²) in [6.07, 6.45) is 8.29. The number of hydrogen-bond donors (Lipinski definition) is 2. The smallest absolute Gasteiger partial charge is 0.222 e. The lowest BCUT2D eigenvalue weighted by Gasteiger charge is -2.47. The number of hydrogen-bond acceptors (Lipinski definition) is 7. The van der Waals surface area contributed by atoms with E-state index in [0.717, 1.165) is 66.8 Å². The number of nitrogen functional groups attached to an aromatic ring is 1. The largest absolute Gasteiger partial charge is 0.496 e. The van der Waals surface area contributed by atoms with Crippen LogP contribution in [0, 0.1) is 0 Å². The van der Waals surface area contributed by atoms with E-state index in [0.29, 0.717) is 24.6 Å². The van der Waals surface area contributed by atoms with Crippen LogP contribution in [-0.2, 0) is 13.1 Å². The lowest BCUT2D eigenvalue weighted by Crippen LogP contribution is -2.61. The number of benzene rings is 1. The Morgan fingerprint density at radius 1 is 1.11 bits per heavy atom. The average Bonchev–Trinajstić information content (AvgIpc) is 3.61. The predicted molar refractivity (Wildman–Crippen MR) is 151 cm³/mol. The molecular formula is C29H43N7O. The summed E-state index contributed by atoms with van der Waals surface area (Å²) in [5, 5.41) is 3.48. The maximum Gasteiger partial charge on any atom is 0.222 e. The number of methoxy groups -OCH3 is 1. The number of nitrogens with one attached hydrogen (secondary N) is 1. The van der Waals surface area contributed by atoms with Crippen LogP contribution in [0.2, 0.25) is 0 Å². The number of aromatic nitrogens is 3. The molecule has 1 saturated heterocycles. The molecule has 2 aromatic heterocycles. The van der Waals surface area contributed by atoms with Crippen LogP contribution < -0.4 is 15.8 Å². The second kappa shape index (κ2) is 11.3. The van der Waals surface area contributed by atoms with E-state index in [1.165, 1.54) is 31.2 Å². The first-order valence-electron chi connectivity index (χ1n) is 14.0. The van der Waals surface area contributed by atoms with Crippen molar-refractivity contribution >= 4 is 22.8 Å². The van der Waals surface area contributed by atoms with Crippen LogP contribution in [0.5, 0.6) is 5.75 Å². The SMILES string of the molecule is CCCCCNc1nc(N)nc2ccn(Cc3ccc(CN4CC(N(C(C)C)C5CC5)C4)cc3OC)c12. The summed E-state index contributed by atoms with van der Waals surface area (Å²) in [4.78, 5) is 14.3. The van der Waals surface area contributed by atoms with Gasteiger partial charge in [-0.25, -0.2) is 4.98 Å². The Labute approximate surface area is 221 Å². The molecule has 5 rings (SSSR count). The fourth-order valence-corrected chi connectivity index (χ4v) is 5.80. The van der Waals surface area contributed by atoms with Crippen molar-refractivity contribution in [3.8, 4) is 5.75 Å². The first kappa shape index (κ1) is 25.8. The van der Waals surface area contributed by atoms with Gasteiger partial charge in [0.05, 0.1) is 19.2 Å². The second-order valence-corrected chi connectivity index (χ2v) is 11.0. The molecule has 3 heterocycles. The van der Waals surface area contributed by atoms with Crippen LogP contribution in [0.4, 0.5) is 11.8 Å². The summed E-state index contributed by atoms with van der Waals surface area (Å²) in [5.74, 6) is 2.02. The van der Waals surface area contributed by atoms with Crippen molar-refractivity contribution in [1.82, 2.24) is 24.3 Å². The summed E-state index contributed by atoms with van der Waals surface area (Å²) in [6, 6.07) is 10.8. The lowest BCUT2D eigenvalue weighted by molar-refractivity contribution is 0.00608. The Kier molecular flexibility index (Phi) is 7.86. The molecule has 3 aromatic rings. The van der Waals surface area contributed by atoms with Gasteiger partial charge < -0.3 is 20.4 Å². The maximum absolute atomic E-state index is 5.99. The maximum atomic E-state index is 5.99. The van der Waals surface area contributed by atoms with Gasteiger partial charge >= 0.3 is 0 Å². The van der Waals surface area contributed by atoms with Crippen molar-refractivity contribution in [3.05, 3.63) is 41.6 Å². The zero-order valence-electron chi connectivity index (χ0n) is 22.9. The number of ether oxygens (including phenoxy) is 1. The van der Waals surface area contributed by atoms with E-state index >= 15 is 0 Å². The molecular weight excluding hydrogens is 462 g/mol. The molecule has 2 fully saturated rings. The third-order valence-corrected chi connectivity index (χ3v) is 7.72.